The van der Waals surface area contributed by atoms with E-state index < -0.39 is 24.5 Å². The first-order valence-corrected chi connectivity index (χ1v) is 4.04. The molecule has 0 aromatic heterocycles. The molecule has 1 fully saturated rings. The third-order valence-corrected chi connectivity index (χ3v) is 1.93. The number of imide groups is 1. The third-order valence-electron chi connectivity index (χ3n) is 1.93. The molecule has 0 unspecified atom stereocenters. The number of carbonyl (C=O) groups is 3. The Bertz CT molecular complexity index is 281. The molecular weight excluding hydrogens is 193 g/mol. The van der Waals surface area contributed by atoms with Crippen molar-refractivity contribution in [1.82, 2.24) is 9.80 Å². The number of nitrogens with zero attached hydrogens (tertiary/aromatic N) is 2. The predicted molar refractivity (Wildman–Crippen MR) is 43.9 cm³/mol. The summed E-state index contributed by atoms with van der Waals surface area (Å²) in [5.41, 5.74) is 4.86. The van der Waals surface area contributed by atoms with Gasteiger partial charge in [-0.1, -0.05) is 0 Å². The van der Waals surface area contributed by atoms with E-state index in [9.17, 15) is 18.8 Å². The number of carbonyl (C=O) groups excluding carboxylic acids is 3. The zero-order valence-corrected chi connectivity index (χ0v) is 7.40. The fraction of sp³-hybridized carbons (Fsp3) is 0.571. The van der Waals surface area contributed by atoms with E-state index in [1.807, 2.05) is 0 Å². The first-order valence-electron chi connectivity index (χ1n) is 4.04. The van der Waals surface area contributed by atoms with Crippen LogP contribution >= 0.6 is 0 Å². The standard InChI is InChI=1S/C7H10FN3O3/c8-1-2-10-3-4-11(7(9)14)6(13)5(10)12/h1-4H2,(H2,9,14). The van der Waals surface area contributed by atoms with Crippen molar-refractivity contribution < 1.29 is 18.8 Å². The SMILES string of the molecule is NC(=O)N1CCN(CCF)C(=O)C1=O. The second-order valence-electron chi connectivity index (χ2n) is 2.78. The second kappa shape index (κ2) is 4.03. The Morgan fingerprint density at radius 3 is 2.50 bits per heavy atom. The Morgan fingerprint density at radius 2 is 2.00 bits per heavy atom. The zero-order valence-electron chi connectivity index (χ0n) is 7.40. The van der Waals surface area contributed by atoms with Gasteiger partial charge in [-0.05, 0) is 0 Å². The van der Waals surface area contributed by atoms with Gasteiger partial charge in [0, 0.05) is 19.6 Å². The van der Waals surface area contributed by atoms with E-state index in [0.717, 1.165) is 4.90 Å². The minimum Gasteiger partial charge on any atom is -0.351 e. The number of primary amides is 1. The van der Waals surface area contributed by atoms with Gasteiger partial charge in [-0.15, -0.1) is 0 Å². The van der Waals surface area contributed by atoms with Crippen molar-refractivity contribution in [2.75, 3.05) is 26.3 Å². The van der Waals surface area contributed by atoms with Crippen molar-refractivity contribution in [3.8, 4) is 0 Å². The van der Waals surface area contributed by atoms with Gasteiger partial charge in [-0.2, -0.15) is 0 Å². The highest BCUT2D eigenvalue weighted by molar-refractivity contribution is 6.37. The highest BCUT2D eigenvalue weighted by Crippen LogP contribution is 2.04. The molecule has 0 spiro atoms. The fourth-order valence-electron chi connectivity index (χ4n) is 1.20. The van der Waals surface area contributed by atoms with Crippen LogP contribution in [0.25, 0.3) is 0 Å². The molecule has 1 aliphatic rings. The molecule has 0 bridgehead atoms. The number of urea groups is 1. The maximum absolute atomic E-state index is 11.9. The Morgan fingerprint density at radius 1 is 1.36 bits per heavy atom. The quantitative estimate of drug-likeness (QED) is 0.566. The smallest absolute Gasteiger partial charge is 0.321 e. The highest BCUT2D eigenvalue weighted by Gasteiger charge is 2.34. The van der Waals surface area contributed by atoms with Crippen LogP contribution in [0, 0.1) is 0 Å². The van der Waals surface area contributed by atoms with Crippen molar-refractivity contribution in [3.63, 3.8) is 0 Å². The molecule has 7 heteroatoms. The molecule has 0 aliphatic carbocycles. The van der Waals surface area contributed by atoms with Gasteiger partial charge in [0.2, 0.25) is 0 Å². The van der Waals surface area contributed by atoms with Gasteiger partial charge in [0.05, 0.1) is 0 Å². The minimum absolute atomic E-state index is 0.0277. The lowest BCUT2D eigenvalue weighted by atomic mass is 10.3. The number of rotatable bonds is 2. The van der Waals surface area contributed by atoms with E-state index >= 15 is 0 Å². The van der Waals surface area contributed by atoms with Gasteiger partial charge in [0.1, 0.15) is 6.67 Å². The van der Waals surface area contributed by atoms with Crippen molar-refractivity contribution in [2.24, 2.45) is 5.73 Å². The number of piperazine rings is 1. The summed E-state index contributed by atoms with van der Waals surface area (Å²) in [4.78, 5) is 34.7. The molecule has 6 nitrogen and oxygen atoms in total. The minimum atomic E-state index is -0.989. The molecule has 0 radical (unpaired) electrons. The van der Waals surface area contributed by atoms with Crippen LogP contribution in [0.4, 0.5) is 9.18 Å². The number of halogens is 1. The predicted octanol–water partition coefficient (Wildman–Crippen LogP) is -1.29. The number of alkyl halides is 1. The molecule has 0 saturated carbocycles. The second-order valence-corrected chi connectivity index (χ2v) is 2.78. The molecule has 0 aromatic carbocycles. The number of hydrogen-bond donors (Lipinski definition) is 1. The average Bonchev–Trinajstić information content (AvgIpc) is 2.13. The van der Waals surface area contributed by atoms with Gasteiger partial charge >= 0.3 is 17.8 Å². The van der Waals surface area contributed by atoms with Gasteiger partial charge in [0.15, 0.2) is 0 Å². The van der Waals surface area contributed by atoms with Gasteiger partial charge in [-0.25, -0.2) is 9.18 Å². The average molecular weight is 203 g/mol. The Labute approximate surface area is 79.4 Å². The maximum Gasteiger partial charge on any atom is 0.321 e. The summed E-state index contributed by atoms with van der Waals surface area (Å²) < 4.78 is 11.9. The molecule has 1 aliphatic heterocycles. The molecule has 1 saturated heterocycles. The van der Waals surface area contributed by atoms with Crippen LogP contribution in [0.1, 0.15) is 0 Å². The normalized spacial score (nSPS) is 17.5. The van der Waals surface area contributed by atoms with Crippen LogP contribution in [0.5, 0.6) is 0 Å². The Hall–Kier alpha value is -1.66. The summed E-state index contributed by atoms with van der Waals surface area (Å²) in [7, 11) is 0. The lowest BCUT2D eigenvalue weighted by molar-refractivity contribution is -0.153. The number of amides is 4. The topological polar surface area (TPSA) is 83.7 Å². The van der Waals surface area contributed by atoms with Crippen LogP contribution < -0.4 is 5.73 Å². The molecule has 0 atom stereocenters. The molecule has 1 heterocycles. The maximum atomic E-state index is 11.9. The molecule has 14 heavy (non-hydrogen) atoms. The van der Waals surface area contributed by atoms with Crippen molar-refractivity contribution in [2.45, 2.75) is 0 Å². The van der Waals surface area contributed by atoms with E-state index in [1.54, 1.807) is 0 Å². The lowest BCUT2D eigenvalue weighted by Crippen LogP contribution is -2.57. The van der Waals surface area contributed by atoms with E-state index in [-0.39, 0.29) is 19.6 Å². The highest BCUT2D eigenvalue weighted by atomic mass is 19.1. The van der Waals surface area contributed by atoms with Gasteiger partial charge in [-0.3, -0.25) is 14.5 Å². The monoisotopic (exact) mass is 203 g/mol. The van der Waals surface area contributed by atoms with Crippen molar-refractivity contribution in [3.05, 3.63) is 0 Å². The fourth-order valence-corrected chi connectivity index (χ4v) is 1.20. The summed E-state index contributed by atoms with van der Waals surface area (Å²) in [6.07, 6.45) is 0. The van der Waals surface area contributed by atoms with Crippen molar-refractivity contribution >= 4 is 17.8 Å². The van der Waals surface area contributed by atoms with Crippen LogP contribution in [-0.2, 0) is 9.59 Å². The summed E-state index contributed by atoms with van der Waals surface area (Å²) >= 11 is 0. The molecular formula is C7H10FN3O3. The molecule has 1 rings (SSSR count). The van der Waals surface area contributed by atoms with Crippen molar-refractivity contribution in [1.29, 1.82) is 0 Å². The van der Waals surface area contributed by atoms with Crippen LogP contribution in [0.15, 0.2) is 0 Å². The summed E-state index contributed by atoms with van der Waals surface area (Å²) in [6, 6.07) is -0.955. The summed E-state index contributed by atoms with van der Waals surface area (Å²) in [5.74, 6) is -1.87. The van der Waals surface area contributed by atoms with E-state index in [1.165, 1.54) is 0 Å². The lowest BCUT2D eigenvalue weighted by Gasteiger charge is -2.30. The third kappa shape index (κ3) is 1.81. The van der Waals surface area contributed by atoms with Gasteiger partial charge in [0.25, 0.3) is 0 Å². The first-order chi connectivity index (χ1) is 6.57. The zero-order chi connectivity index (χ0) is 10.7. The first kappa shape index (κ1) is 10.4. The summed E-state index contributed by atoms with van der Waals surface area (Å²) in [5, 5.41) is 0. The molecule has 2 N–H and O–H groups in total. The number of hydrogen-bond acceptors (Lipinski definition) is 3. The van der Waals surface area contributed by atoms with Crippen LogP contribution in [0.2, 0.25) is 0 Å². The number of nitrogens with two attached hydrogens (primary N) is 1. The molecule has 78 valence electrons. The van der Waals surface area contributed by atoms with Gasteiger partial charge < -0.3 is 10.6 Å². The summed E-state index contributed by atoms with van der Waals surface area (Å²) in [6.45, 7) is -0.676. The van der Waals surface area contributed by atoms with E-state index in [0.29, 0.717) is 4.90 Å². The van der Waals surface area contributed by atoms with E-state index in [4.69, 9.17) is 5.73 Å². The van der Waals surface area contributed by atoms with Crippen LogP contribution in [-0.4, -0.2) is 54.0 Å². The Kier molecular flexibility index (Phi) is 3.00. The Balaban J connectivity index is 2.69. The molecule has 0 aromatic rings. The molecule has 4 amide bonds. The largest absolute Gasteiger partial charge is 0.351 e. The van der Waals surface area contributed by atoms with Crippen LogP contribution in [0.3, 0.4) is 0 Å². The van der Waals surface area contributed by atoms with E-state index in [2.05, 4.69) is 0 Å².